The van der Waals surface area contributed by atoms with Crippen molar-refractivity contribution in [3.8, 4) is 0 Å². The van der Waals surface area contributed by atoms with Gasteiger partial charge in [-0.3, -0.25) is 4.98 Å². The van der Waals surface area contributed by atoms with E-state index >= 15 is 0 Å². The molecule has 0 radical (unpaired) electrons. The van der Waals surface area contributed by atoms with Gasteiger partial charge in [-0.25, -0.2) is 0 Å². The van der Waals surface area contributed by atoms with Crippen molar-refractivity contribution in [2.75, 3.05) is 6.54 Å². The molecule has 0 fully saturated rings. The van der Waals surface area contributed by atoms with Crippen LogP contribution in [0.3, 0.4) is 0 Å². The van der Waals surface area contributed by atoms with Crippen molar-refractivity contribution in [1.82, 2.24) is 10.3 Å². The Kier molecular flexibility index (Phi) is 4.63. The van der Waals surface area contributed by atoms with Crippen LogP contribution >= 0.6 is 11.3 Å². The summed E-state index contributed by atoms with van der Waals surface area (Å²) in [6, 6.07) is 13.2. The molecule has 1 atom stereocenters. The van der Waals surface area contributed by atoms with Crippen molar-refractivity contribution in [1.29, 1.82) is 0 Å². The minimum atomic E-state index is 0.378. The Bertz CT molecular complexity index is 686. The summed E-state index contributed by atoms with van der Waals surface area (Å²) in [5.41, 5.74) is 3.87. The second-order valence-corrected chi connectivity index (χ2v) is 5.98. The molecular formula is C18H20N2S. The average Bonchev–Trinajstić information content (AvgIpc) is 3.04. The Hall–Kier alpha value is -1.71. The predicted octanol–water partition coefficient (Wildman–Crippen LogP) is 4.58. The second kappa shape index (κ2) is 6.83. The SMILES string of the molecule is CCNC(CCc1ccsc1)c1ccnc2ccccc12. The highest BCUT2D eigenvalue weighted by atomic mass is 32.1. The Morgan fingerprint density at radius 3 is 2.90 bits per heavy atom. The largest absolute Gasteiger partial charge is 0.310 e. The predicted molar refractivity (Wildman–Crippen MR) is 90.8 cm³/mol. The zero-order valence-corrected chi connectivity index (χ0v) is 13.1. The lowest BCUT2D eigenvalue weighted by molar-refractivity contribution is 0.518. The van der Waals surface area contributed by atoms with Gasteiger partial charge in [-0.1, -0.05) is 25.1 Å². The van der Waals surface area contributed by atoms with Crippen LogP contribution in [0.1, 0.15) is 30.5 Å². The normalized spacial score (nSPS) is 12.6. The third-order valence-corrected chi connectivity index (χ3v) is 4.54. The zero-order chi connectivity index (χ0) is 14.5. The van der Waals surface area contributed by atoms with Gasteiger partial charge in [-0.05, 0) is 59.5 Å². The number of nitrogens with one attached hydrogen (secondary N) is 1. The first kappa shape index (κ1) is 14.2. The van der Waals surface area contributed by atoms with Crippen molar-refractivity contribution in [2.45, 2.75) is 25.8 Å². The van der Waals surface area contributed by atoms with Crippen LogP contribution in [0.25, 0.3) is 10.9 Å². The van der Waals surface area contributed by atoms with Gasteiger partial charge in [0, 0.05) is 17.6 Å². The second-order valence-electron chi connectivity index (χ2n) is 5.20. The molecule has 1 unspecified atom stereocenters. The molecule has 2 heterocycles. The molecule has 3 aromatic rings. The summed E-state index contributed by atoms with van der Waals surface area (Å²) in [6.07, 6.45) is 4.14. The molecule has 108 valence electrons. The maximum atomic E-state index is 4.47. The molecule has 0 amide bonds. The summed E-state index contributed by atoms with van der Waals surface area (Å²) >= 11 is 1.77. The molecule has 1 aromatic carbocycles. The fourth-order valence-corrected chi connectivity index (χ4v) is 3.48. The molecule has 0 bridgehead atoms. The van der Waals surface area contributed by atoms with Crippen molar-refractivity contribution in [3.63, 3.8) is 0 Å². The van der Waals surface area contributed by atoms with Crippen LogP contribution in [0, 0.1) is 0 Å². The van der Waals surface area contributed by atoms with Crippen LogP contribution in [-0.4, -0.2) is 11.5 Å². The number of fused-ring (bicyclic) bond motifs is 1. The van der Waals surface area contributed by atoms with E-state index in [-0.39, 0.29) is 0 Å². The van der Waals surface area contributed by atoms with E-state index < -0.39 is 0 Å². The van der Waals surface area contributed by atoms with Crippen LogP contribution in [0.15, 0.2) is 53.4 Å². The molecular weight excluding hydrogens is 276 g/mol. The van der Waals surface area contributed by atoms with Crippen LogP contribution in [0.2, 0.25) is 0 Å². The maximum absolute atomic E-state index is 4.47. The highest BCUT2D eigenvalue weighted by Crippen LogP contribution is 2.26. The molecule has 0 spiro atoms. The third kappa shape index (κ3) is 3.31. The number of rotatable bonds is 6. The molecule has 2 nitrogen and oxygen atoms in total. The number of para-hydroxylation sites is 1. The first-order chi connectivity index (χ1) is 10.4. The van der Waals surface area contributed by atoms with Gasteiger partial charge in [-0.15, -0.1) is 0 Å². The maximum Gasteiger partial charge on any atom is 0.0705 e. The summed E-state index contributed by atoms with van der Waals surface area (Å²) in [5, 5.41) is 9.29. The van der Waals surface area contributed by atoms with Gasteiger partial charge in [-0.2, -0.15) is 11.3 Å². The highest BCUT2D eigenvalue weighted by molar-refractivity contribution is 7.07. The van der Waals surface area contributed by atoms with E-state index in [4.69, 9.17) is 0 Å². The molecule has 0 aliphatic carbocycles. The summed E-state index contributed by atoms with van der Waals surface area (Å²) in [7, 11) is 0. The van der Waals surface area contributed by atoms with E-state index in [0.717, 1.165) is 24.9 Å². The minimum absolute atomic E-state index is 0.378. The van der Waals surface area contributed by atoms with Crippen molar-refractivity contribution >= 4 is 22.2 Å². The summed E-state index contributed by atoms with van der Waals surface area (Å²) in [6.45, 7) is 3.14. The quantitative estimate of drug-likeness (QED) is 0.720. The monoisotopic (exact) mass is 296 g/mol. The molecule has 0 aliphatic heterocycles. The van der Waals surface area contributed by atoms with Gasteiger partial charge in [0.2, 0.25) is 0 Å². The van der Waals surface area contributed by atoms with Crippen LogP contribution in [0.4, 0.5) is 0 Å². The highest BCUT2D eigenvalue weighted by Gasteiger charge is 2.13. The van der Waals surface area contributed by atoms with Gasteiger partial charge < -0.3 is 5.32 Å². The molecule has 3 rings (SSSR count). The lowest BCUT2D eigenvalue weighted by Gasteiger charge is -2.20. The third-order valence-electron chi connectivity index (χ3n) is 3.81. The Morgan fingerprint density at radius 1 is 1.19 bits per heavy atom. The van der Waals surface area contributed by atoms with Crippen molar-refractivity contribution in [2.24, 2.45) is 0 Å². The Labute approximate surface area is 129 Å². The zero-order valence-electron chi connectivity index (χ0n) is 12.3. The van der Waals surface area contributed by atoms with E-state index in [1.54, 1.807) is 11.3 Å². The number of benzene rings is 1. The molecule has 2 aromatic heterocycles. The standard InChI is InChI=1S/C18H20N2S/c1-2-19-18(8-7-14-10-12-21-13-14)16-9-11-20-17-6-4-3-5-15(16)17/h3-6,9-13,18-19H,2,7-8H2,1H3. The first-order valence-corrected chi connectivity index (χ1v) is 8.41. The fraction of sp³-hybridized carbons (Fsp3) is 0.278. The summed E-state index contributed by atoms with van der Waals surface area (Å²) in [4.78, 5) is 4.47. The molecule has 3 heteroatoms. The molecule has 0 saturated heterocycles. The van der Waals surface area contributed by atoms with Crippen molar-refractivity contribution < 1.29 is 0 Å². The first-order valence-electron chi connectivity index (χ1n) is 7.46. The number of pyridine rings is 1. The number of thiophene rings is 1. The van der Waals surface area contributed by atoms with Gasteiger partial charge >= 0.3 is 0 Å². The van der Waals surface area contributed by atoms with Crippen LogP contribution in [0.5, 0.6) is 0 Å². The van der Waals surface area contributed by atoms with Crippen LogP contribution in [-0.2, 0) is 6.42 Å². The van der Waals surface area contributed by atoms with E-state index in [9.17, 15) is 0 Å². The number of hydrogen-bond donors (Lipinski definition) is 1. The fourth-order valence-electron chi connectivity index (χ4n) is 2.78. The van der Waals surface area contributed by atoms with Crippen LogP contribution < -0.4 is 5.32 Å². The van der Waals surface area contributed by atoms with E-state index in [1.165, 1.54) is 16.5 Å². The molecule has 0 aliphatic rings. The summed E-state index contributed by atoms with van der Waals surface area (Å²) in [5.74, 6) is 0. The topological polar surface area (TPSA) is 24.9 Å². The van der Waals surface area contributed by atoms with E-state index in [2.05, 4.69) is 58.3 Å². The number of hydrogen-bond acceptors (Lipinski definition) is 3. The molecule has 21 heavy (non-hydrogen) atoms. The summed E-state index contributed by atoms with van der Waals surface area (Å²) < 4.78 is 0. The smallest absolute Gasteiger partial charge is 0.0705 e. The number of nitrogens with zero attached hydrogens (tertiary/aromatic N) is 1. The average molecular weight is 296 g/mol. The van der Waals surface area contributed by atoms with Gasteiger partial charge in [0.05, 0.1) is 5.52 Å². The Morgan fingerprint density at radius 2 is 2.10 bits per heavy atom. The number of aromatic nitrogens is 1. The lowest BCUT2D eigenvalue weighted by atomic mass is 9.97. The van der Waals surface area contributed by atoms with Crippen molar-refractivity contribution in [3.05, 3.63) is 64.5 Å². The van der Waals surface area contributed by atoms with E-state index in [1.807, 2.05) is 12.3 Å². The molecule has 0 saturated carbocycles. The minimum Gasteiger partial charge on any atom is -0.310 e. The Balaban J connectivity index is 1.88. The number of aryl methyl sites for hydroxylation is 1. The lowest BCUT2D eigenvalue weighted by Crippen LogP contribution is -2.21. The molecule has 1 N–H and O–H groups in total. The van der Waals surface area contributed by atoms with Gasteiger partial charge in [0.15, 0.2) is 0 Å². The van der Waals surface area contributed by atoms with Gasteiger partial charge in [0.25, 0.3) is 0 Å². The van der Waals surface area contributed by atoms with Gasteiger partial charge in [0.1, 0.15) is 0 Å². The van der Waals surface area contributed by atoms with E-state index in [0.29, 0.717) is 6.04 Å².